The van der Waals surface area contributed by atoms with Crippen LogP contribution >= 0.6 is 0 Å². The van der Waals surface area contributed by atoms with Gasteiger partial charge in [-0.3, -0.25) is 4.79 Å². The maximum absolute atomic E-state index is 12.9. The van der Waals surface area contributed by atoms with E-state index in [9.17, 15) is 14.7 Å². The van der Waals surface area contributed by atoms with E-state index >= 15 is 0 Å². The second-order valence-corrected chi connectivity index (χ2v) is 8.06. The van der Waals surface area contributed by atoms with Gasteiger partial charge in [0.2, 0.25) is 0 Å². The van der Waals surface area contributed by atoms with E-state index in [1.807, 2.05) is 12.1 Å². The van der Waals surface area contributed by atoms with E-state index in [1.165, 1.54) is 0 Å². The molecule has 4 rings (SSSR count). The summed E-state index contributed by atoms with van der Waals surface area (Å²) in [6.45, 7) is 1.87. The summed E-state index contributed by atoms with van der Waals surface area (Å²) in [6.07, 6.45) is 4.46. The number of urea groups is 1. The monoisotopic (exact) mass is 357 g/mol. The van der Waals surface area contributed by atoms with Crippen molar-refractivity contribution in [2.75, 3.05) is 31.6 Å². The molecule has 0 radical (unpaired) electrons. The number of benzene rings is 1. The van der Waals surface area contributed by atoms with Crippen LogP contribution in [0.4, 0.5) is 10.5 Å². The molecule has 1 saturated carbocycles. The van der Waals surface area contributed by atoms with Gasteiger partial charge >= 0.3 is 12.0 Å². The number of carboxylic acids is 1. The molecule has 2 amide bonds. The number of nitrogens with one attached hydrogen (secondary N) is 1. The molecule has 2 N–H and O–H groups in total. The first kappa shape index (κ1) is 17.2. The van der Waals surface area contributed by atoms with Crippen molar-refractivity contribution < 1.29 is 14.7 Å². The largest absolute Gasteiger partial charge is 0.481 e. The summed E-state index contributed by atoms with van der Waals surface area (Å²) in [7, 11) is 2.08. The summed E-state index contributed by atoms with van der Waals surface area (Å²) in [5.41, 5.74) is 1.59. The number of carboxylic acid groups (broad SMARTS) is 1. The Labute approximate surface area is 154 Å². The van der Waals surface area contributed by atoms with E-state index in [2.05, 4.69) is 29.4 Å². The van der Waals surface area contributed by atoms with Gasteiger partial charge in [-0.15, -0.1) is 0 Å². The van der Waals surface area contributed by atoms with Crippen LogP contribution in [0.2, 0.25) is 0 Å². The zero-order valence-corrected chi connectivity index (χ0v) is 15.3. The van der Waals surface area contributed by atoms with Crippen LogP contribution in [0.5, 0.6) is 0 Å². The lowest BCUT2D eigenvalue weighted by molar-refractivity contribution is -0.149. The Morgan fingerprint density at radius 1 is 1.23 bits per heavy atom. The first-order valence-electron chi connectivity index (χ1n) is 9.60. The van der Waals surface area contributed by atoms with Gasteiger partial charge < -0.3 is 20.2 Å². The molecule has 2 fully saturated rings. The van der Waals surface area contributed by atoms with E-state index < -0.39 is 11.4 Å². The van der Waals surface area contributed by atoms with Crippen molar-refractivity contribution in [3.63, 3.8) is 0 Å². The number of fused-ring (bicyclic) bond motifs is 2. The zero-order chi connectivity index (χ0) is 18.3. The lowest BCUT2D eigenvalue weighted by atomic mass is 9.81. The summed E-state index contributed by atoms with van der Waals surface area (Å²) in [4.78, 5) is 28.7. The third kappa shape index (κ3) is 2.72. The fourth-order valence-electron chi connectivity index (χ4n) is 5.12. The van der Waals surface area contributed by atoms with Crippen molar-refractivity contribution in [3.8, 4) is 0 Å². The van der Waals surface area contributed by atoms with E-state index in [0.717, 1.165) is 43.5 Å². The number of carbonyl (C=O) groups excluding carboxylic acids is 1. The van der Waals surface area contributed by atoms with Gasteiger partial charge in [-0.05, 0) is 43.2 Å². The van der Waals surface area contributed by atoms with E-state index in [0.29, 0.717) is 19.5 Å². The summed E-state index contributed by atoms with van der Waals surface area (Å²) in [6, 6.07) is 8.07. The van der Waals surface area contributed by atoms with Gasteiger partial charge in [-0.1, -0.05) is 24.6 Å². The van der Waals surface area contributed by atoms with Crippen LogP contribution in [0.1, 0.15) is 43.7 Å². The minimum Gasteiger partial charge on any atom is -0.481 e. The second kappa shape index (κ2) is 6.49. The van der Waals surface area contributed by atoms with Crippen molar-refractivity contribution in [2.45, 2.75) is 38.1 Å². The Balaban J connectivity index is 1.51. The molecule has 6 nitrogen and oxygen atoms in total. The zero-order valence-electron chi connectivity index (χ0n) is 15.3. The molecular formula is C20H27N3O3. The summed E-state index contributed by atoms with van der Waals surface area (Å²) >= 11 is 0. The van der Waals surface area contributed by atoms with Gasteiger partial charge in [-0.25, -0.2) is 4.79 Å². The minimum atomic E-state index is -0.739. The van der Waals surface area contributed by atoms with E-state index in [1.54, 1.807) is 4.90 Å². The lowest BCUT2D eigenvalue weighted by Gasteiger charge is -2.26. The average Bonchev–Trinajstić information content (AvgIpc) is 3.15. The third-order valence-corrected chi connectivity index (χ3v) is 6.59. The number of carbonyl (C=O) groups is 2. The number of nitrogens with zero attached hydrogens (tertiary/aromatic N) is 2. The lowest BCUT2D eigenvalue weighted by Crippen LogP contribution is -2.43. The summed E-state index contributed by atoms with van der Waals surface area (Å²) in [5, 5.41) is 12.9. The molecular weight excluding hydrogens is 330 g/mol. The highest BCUT2D eigenvalue weighted by Gasteiger charge is 2.55. The fourth-order valence-corrected chi connectivity index (χ4v) is 5.12. The van der Waals surface area contributed by atoms with Gasteiger partial charge in [0, 0.05) is 32.4 Å². The van der Waals surface area contributed by atoms with E-state index in [4.69, 9.17) is 0 Å². The molecule has 1 aromatic rings. The SMILES string of the molecule is CN1CCCC(NC(=O)N2C[C@@H]3CCC[C@@]3(C(=O)O)C2)c2ccccc21. The maximum atomic E-state index is 12.9. The van der Waals surface area contributed by atoms with Crippen LogP contribution in [0.15, 0.2) is 24.3 Å². The van der Waals surface area contributed by atoms with Gasteiger partial charge in [0.25, 0.3) is 0 Å². The molecule has 6 heteroatoms. The number of likely N-dealkylation sites (tertiary alicyclic amines) is 1. The molecule has 0 spiro atoms. The Hall–Kier alpha value is -2.24. The second-order valence-electron chi connectivity index (χ2n) is 8.06. The Morgan fingerprint density at radius 3 is 2.81 bits per heavy atom. The number of hydrogen-bond donors (Lipinski definition) is 2. The predicted molar refractivity (Wildman–Crippen MR) is 99.2 cm³/mol. The fraction of sp³-hybridized carbons (Fsp3) is 0.600. The molecule has 2 aliphatic heterocycles. The van der Waals surface area contributed by atoms with Gasteiger partial charge in [0.05, 0.1) is 11.5 Å². The molecule has 140 valence electrons. The molecule has 1 aliphatic carbocycles. The van der Waals surface area contributed by atoms with Crippen LogP contribution in [0.3, 0.4) is 0 Å². The molecule has 1 aromatic carbocycles. The number of aliphatic carboxylic acids is 1. The molecule has 0 aromatic heterocycles. The quantitative estimate of drug-likeness (QED) is 0.854. The topological polar surface area (TPSA) is 72.9 Å². The predicted octanol–water partition coefficient (Wildman–Crippen LogP) is 2.85. The third-order valence-electron chi connectivity index (χ3n) is 6.59. The Bertz CT molecular complexity index is 722. The van der Waals surface area contributed by atoms with Crippen LogP contribution in [0, 0.1) is 11.3 Å². The molecule has 3 aliphatic rings. The highest BCUT2D eigenvalue weighted by atomic mass is 16.4. The van der Waals surface area contributed by atoms with Gasteiger partial charge in [0.15, 0.2) is 0 Å². The van der Waals surface area contributed by atoms with Crippen molar-refractivity contribution >= 4 is 17.7 Å². The average molecular weight is 357 g/mol. The first-order chi connectivity index (χ1) is 12.5. The molecule has 0 bridgehead atoms. The molecule has 1 unspecified atom stereocenters. The Morgan fingerprint density at radius 2 is 2.04 bits per heavy atom. The standard InChI is InChI=1S/C20H27N3O3/c1-22-11-5-8-16(15-7-2-3-9-17(15)22)21-19(26)23-12-14-6-4-10-20(14,13-23)18(24)25/h2-3,7,9,14,16H,4-6,8,10-13H2,1H3,(H,21,26)(H,24,25)/t14-,16?,20+/m0/s1. The summed E-state index contributed by atoms with van der Waals surface area (Å²) in [5.74, 6) is -0.643. The maximum Gasteiger partial charge on any atom is 0.317 e. The number of hydrogen-bond acceptors (Lipinski definition) is 3. The van der Waals surface area contributed by atoms with Crippen molar-refractivity contribution in [1.29, 1.82) is 0 Å². The van der Waals surface area contributed by atoms with Crippen molar-refractivity contribution in [2.24, 2.45) is 11.3 Å². The van der Waals surface area contributed by atoms with E-state index in [-0.39, 0.29) is 18.0 Å². The van der Waals surface area contributed by atoms with Crippen LogP contribution in [0.25, 0.3) is 0 Å². The number of amides is 2. The van der Waals surface area contributed by atoms with Gasteiger partial charge in [-0.2, -0.15) is 0 Å². The number of para-hydroxylation sites is 1. The first-order valence-corrected chi connectivity index (χ1v) is 9.60. The van der Waals surface area contributed by atoms with Crippen LogP contribution in [-0.4, -0.2) is 48.7 Å². The van der Waals surface area contributed by atoms with Crippen molar-refractivity contribution in [3.05, 3.63) is 29.8 Å². The number of rotatable bonds is 2. The molecule has 26 heavy (non-hydrogen) atoms. The highest BCUT2D eigenvalue weighted by molar-refractivity contribution is 5.81. The molecule has 2 heterocycles. The minimum absolute atomic E-state index is 0.0233. The smallest absolute Gasteiger partial charge is 0.317 e. The molecule has 3 atom stereocenters. The van der Waals surface area contributed by atoms with Crippen LogP contribution in [-0.2, 0) is 4.79 Å². The van der Waals surface area contributed by atoms with Gasteiger partial charge in [0.1, 0.15) is 0 Å². The normalized spacial score (nSPS) is 30.5. The number of anilines is 1. The Kier molecular flexibility index (Phi) is 4.29. The van der Waals surface area contributed by atoms with Crippen molar-refractivity contribution in [1.82, 2.24) is 10.2 Å². The summed E-state index contributed by atoms with van der Waals surface area (Å²) < 4.78 is 0. The van der Waals surface area contributed by atoms with Crippen LogP contribution < -0.4 is 10.2 Å². The molecule has 1 saturated heterocycles. The highest BCUT2D eigenvalue weighted by Crippen LogP contribution is 2.49.